The molecule has 0 fully saturated rings. The van der Waals surface area contributed by atoms with E-state index in [-0.39, 0.29) is 11.4 Å². The van der Waals surface area contributed by atoms with Crippen molar-refractivity contribution in [3.8, 4) is 0 Å². The Kier molecular flexibility index (Phi) is 2.89. The summed E-state index contributed by atoms with van der Waals surface area (Å²) in [5, 5.41) is 0. The van der Waals surface area contributed by atoms with Gasteiger partial charge in [-0.1, -0.05) is 20.8 Å². The van der Waals surface area contributed by atoms with Crippen LogP contribution in [0.5, 0.6) is 0 Å². The van der Waals surface area contributed by atoms with E-state index in [9.17, 15) is 4.79 Å². The predicted molar refractivity (Wildman–Crippen MR) is 54.3 cm³/mol. The molecule has 3 heteroatoms. The van der Waals surface area contributed by atoms with Crippen molar-refractivity contribution < 1.29 is 9.53 Å². The minimum atomic E-state index is -0.331. The molecule has 0 aliphatic carbocycles. The minimum Gasteiger partial charge on any atom is -0.465 e. The standard InChI is InChI=1S/C11H15NO2/c1-11(2,3)9-5-6-12-7-8(9)10(13)14-4/h5-7H,1-4H3. The van der Waals surface area contributed by atoms with Crippen LogP contribution in [0.15, 0.2) is 18.5 Å². The fraction of sp³-hybridized carbons (Fsp3) is 0.455. The van der Waals surface area contributed by atoms with Crippen molar-refractivity contribution in [1.29, 1.82) is 0 Å². The molecule has 3 nitrogen and oxygen atoms in total. The summed E-state index contributed by atoms with van der Waals surface area (Å²) in [6.45, 7) is 6.15. The molecule has 0 aliphatic rings. The predicted octanol–water partition coefficient (Wildman–Crippen LogP) is 2.17. The van der Waals surface area contributed by atoms with Gasteiger partial charge in [0.1, 0.15) is 0 Å². The summed E-state index contributed by atoms with van der Waals surface area (Å²) in [6, 6.07) is 1.85. The Morgan fingerprint density at radius 2 is 2.07 bits per heavy atom. The van der Waals surface area contributed by atoms with Crippen LogP contribution < -0.4 is 0 Å². The van der Waals surface area contributed by atoms with Gasteiger partial charge in [0.15, 0.2) is 0 Å². The number of hydrogen-bond donors (Lipinski definition) is 0. The van der Waals surface area contributed by atoms with E-state index < -0.39 is 0 Å². The molecule has 0 N–H and O–H groups in total. The van der Waals surface area contributed by atoms with Gasteiger partial charge in [-0.05, 0) is 17.0 Å². The Morgan fingerprint density at radius 1 is 1.43 bits per heavy atom. The number of nitrogens with zero attached hydrogens (tertiary/aromatic N) is 1. The van der Waals surface area contributed by atoms with Gasteiger partial charge >= 0.3 is 5.97 Å². The van der Waals surface area contributed by atoms with Gasteiger partial charge in [-0.25, -0.2) is 4.79 Å². The van der Waals surface area contributed by atoms with E-state index in [0.29, 0.717) is 5.56 Å². The van der Waals surface area contributed by atoms with Gasteiger partial charge in [-0.15, -0.1) is 0 Å². The first-order valence-corrected chi connectivity index (χ1v) is 4.49. The van der Waals surface area contributed by atoms with E-state index in [1.165, 1.54) is 7.11 Å². The highest BCUT2D eigenvalue weighted by molar-refractivity contribution is 5.91. The van der Waals surface area contributed by atoms with Crippen molar-refractivity contribution in [2.45, 2.75) is 26.2 Å². The van der Waals surface area contributed by atoms with Crippen molar-refractivity contribution in [3.63, 3.8) is 0 Å². The zero-order valence-electron chi connectivity index (χ0n) is 9.00. The number of ether oxygens (including phenoxy) is 1. The molecule has 0 aromatic carbocycles. The van der Waals surface area contributed by atoms with Crippen LogP contribution in [0.1, 0.15) is 36.7 Å². The molecule has 0 unspecified atom stereocenters. The minimum absolute atomic E-state index is 0.0769. The van der Waals surface area contributed by atoms with Crippen molar-refractivity contribution in [3.05, 3.63) is 29.6 Å². The number of carbonyl (C=O) groups excluding carboxylic acids is 1. The molecule has 1 rings (SSSR count). The molecule has 0 radical (unpaired) electrons. The Morgan fingerprint density at radius 3 is 2.57 bits per heavy atom. The van der Waals surface area contributed by atoms with E-state index in [1.54, 1.807) is 12.4 Å². The molecular weight excluding hydrogens is 178 g/mol. The molecule has 0 aliphatic heterocycles. The third-order valence-corrected chi connectivity index (χ3v) is 2.03. The summed E-state index contributed by atoms with van der Waals surface area (Å²) in [6.07, 6.45) is 3.24. The van der Waals surface area contributed by atoms with Gasteiger partial charge in [-0.2, -0.15) is 0 Å². The second-order valence-corrected chi connectivity index (χ2v) is 4.16. The smallest absolute Gasteiger partial charge is 0.339 e. The van der Waals surface area contributed by atoms with Crippen LogP contribution in [0.25, 0.3) is 0 Å². The largest absolute Gasteiger partial charge is 0.465 e. The normalized spacial score (nSPS) is 11.1. The van der Waals surface area contributed by atoms with Crippen molar-refractivity contribution in [2.24, 2.45) is 0 Å². The molecule has 0 spiro atoms. The lowest BCUT2D eigenvalue weighted by molar-refractivity contribution is 0.0597. The lowest BCUT2D eigenvalue weighted by Crippen LogP contribution is -2.17. The number of carbonyl (C=O) groups is 1. The van der Waals surface area contributed by atoms with E-state index in [1.807, 2.05) is 6.07 Å². The lowest BCUT2D eigenvalue weighted by Gasteiger charge is -2.21. The molecule has 0 atom stereocenters. The van der Waals surface area contributed by atoms with E-state index in [0.717, 1.165) is 5.56 Å². The topological polar surface area (TPSA) is 39.2 Å². The van der Waals surface area contributed by atoms with Gasteiger partial charge < -0.3 is 4.74 Å². The van der Waals surface area contributed by atoms with E-state index in [4.69, 9.17) is 4.74 Å². The second-order valence-electron chi connectivity index (χ2n) is 4.16. The van der Waals surface area contributed by atoms with Crippen LogP contribution >= 0.6 is 0 Å². The van der Waals surface area contributed by atoms with Crippen LogP contribution in [0.2, 0.25) is 0 Å². The Balaban J connectivity index is 3.23. The highest BCUT2D eigenvalue weighted by Gasteiger charge is 2.21. The second kappa shape index (κ2) is 3.78. The van der Waals surface area contributed by atoms with Gasteiger partial charge in [0.2, 0.25) is 0 Å². The van der Waals surface area contributed by atoms with Crippen molar-refractivity contribution in [2.75, 3.05) is 7.11 Å². The number of aromatic nitrogens is 1. The molecule has 0 saturated carbocycles. The zero-order chi connectivity index (χ0) is 10.8. The van der Waals surface area contributed by atoms with E-state index in [2.05, 4.69) is 25.8 Å². The van der Waals surface area contributed by atoms with Gasteiger partial charge in [0.05, 0.1) is 12.7 Å². The highest BCUT2D eigenvalue weighted by Crippen LogP contribution is 2.25. The monoisotopic (exact) mass is 193 g/mol. The molecule has 1 aromatic rings. The summed E-state index contributed by atoms with van der Waals surface area (Å²) >= 11 is 0. The van der Waals surface area contributed by atoms with Crippen LogP contribution in [-0.4, -0.2) is 18.1 Å². The Bertz CT molecular complexity index is 339. The first-order valence-electron chi connectivity index (χ1n) is 4.49. The molecular formula is C11H15NO2. The van der Waals surface area contributed by atoms with Crippen LogP contribution in [-0.2, 0) is 10.2 Å². The maximum atomic E-state index is 11.4. The molecule has 0 amide bonds. The van der Waals surface area contributed by atoms with Crippen LogP contribution in [0.3, 0.4) is 0 Å². The third-order valence-electron chi connectivity index (χ3n) is 2.03. The van der Waals surface area contributed by atoms with Crippen LogP contribution in [0.4, 0.5) is 0 Å². The van der Waals surface area contributed by atoms with E-state index >= 15 is 0 Å². The average molecular weight is 193 g/mol. The molecule has 76 valence electrons. The molecule has 1 heterocycles. The summed E-state index contributed by atoms with van der Waals surface area (Å²) in [5.74, 6) is -0.331. The van der Waals surface area contributed by atoms with Crippen molar-refractivity contribution >= 4 is 5.97 Å². The number of methoxy groups -OCH3 is 1. The maximum absolute atomic E-state index is 11.4. The fourth-order valence-corrected chi connectivity index (χ4v) is 1.32. The SMILES string of the molecule is COC(=O)c1cnccc1C(C)(C)C. The third kappa shape index (κ3) is 2.10. The molecule has 1 aromatic heterocycles. The summed E-state index contributed by atoms with van der Waals surface area (Å²) in [7, 11) is 1.38. The van der Waals surface area contributed by atoms with Gasteiger partial charge in [-0.3, -0.25) is 4.98 Å². The van der Waals surface area contributed by atoms with Gasteiger partial charge in [0, 0.05) is 12.4 Å². The first-order chi connectivity index (χ1) is 6.46. The summed E-state index contributed by atoms with van der Waals surface area (Å²) in [5.41, 5.74) is 1.42. The van der Waals surface area contributed by atoms with Crippen LogP contribution in [0, 0.1) is 0 Å². The molecule has 0 saturated heterocycles. The fourth-order valence-electron chi connectivity index (χ4n) is 1.32. The number of hydrogen-bond acceptors (Lipinski definition) is 3. The zero-order valence-corrected chi connectivity index (χ0v) is 9.00. The lowest BCUT2D eigenvalue weighted by atomic mass is 9.85. The Labute approximate surface area is 84.1 Å². The Hall–Kier alpha value is -1.38. The summed E-state index contributed by atoms with van der Waals surface area (Å²) in [4.78, 5) is 15.3. The highest BCUT2D eigenvalue weighted by atomic mass is 16.5. The molecule has 14 heavy (non-hydrogen) atoms. The molecule has 0 bridgehead atoms. The average Bonchev–Trinajstić information content (AvgIpc) is 2.15. The quantitative estimate of drug-likeness (QED) is 0.641. The number of pyridine rings is 1. The first kappa shape index (κ1) is 10.7. The van der Waals surface area contributed by atoms with Gasteiger partial charge in [0.25, 0.3) is 0 Å². The number of esters is 1. The maximum Gasteiger partial charge on any atom is 0.339 e. The number of rotatable bonds is 1. The summed E-state index contributed by atoms with van der Waals surface area (Å²) < 4.78 is 4.69. The van der Waals surface area contributed by atoms with Crippen molar-refractivity contribution in [1.82, 2.24) is 4.98 Å².